The molecular weight excluding hydrogens is 258 g/mol. The molecule has 0 aliphatic rings. The van der Waals surface area contributed by atoms with Crippen molar-refractivity contribution in [2.24, 2.45) is 0 Å². The zero-order chi connectivity index (χ0) is 10.2. The molecule has 0 amide bonds. The minimum absolute atomic E-state index is 0.00948. The van der Waals surface area contributed by atoms with Crippen molar-refractivity contribution in [1.29, 1.82) is 0 Å². The molecule has 13 heavy (non-hydrogen) atoms. The fourth-order valence-corrected chi connectivity index (χ4v) is 1.76. The highest BCUT2D eigenvalue weighted by atomic mass is 35.5. The maximum atomic E-state index is 9.39. The summed E-state index contributed by atoms with van der Waals surface area (Å²) in [6, 6.07) is 0. The van der Waals surface area contributed by atoms with E-state index >= 15 is 0 Å². The van der Waals surface area contributed by atoms with Crippen LogP contribution in [0.4, 0.5) is 0 Å². The lowest BCUT2D eigenvalue weighted by atomic mass is 10.2. The molecule has 1 aromatic rings. The number of rotatable bonds is 1. The van der Waals surface area contributed by atoms with Crippen molar-refractivity contribution in [1.82, 2.24) is 0 Å². The summed E-state index contributed by atoms with van der Waals surface area (Å²) in [7, 11) is 0. The molecule has 0 saturated heterocycles. The van der Waals surface area contributed by atoms with Gasteiger partial charge in [0.05, 0.1) is 5.02 Å². The Balaban J connectivity index is 3.56. The van der Waals surface area contributed by atoms with E-state index in [1.54, 1.807) is 6.92 Å². The van der Waals surface area contributed by atoms with E-state index in [9.17, 15) is 5.11 Å². The summed E-state index contributed by atoms with van der Waals surface area (Å²) in [5.74, 6) is -0.126. The van der Waals surface area contributed by atoms with Gasteiger partial charge in [-0.1, -0.05) is 34.8 Å². The van der Waals surface area contributed by atoms with Crippen LogP contribution in [0.15, 0.2) is 0 Å². The van der Waals surface area contributed by atoms with Crippen molar-refractivity contribution in [3.8, 4) is 11.5 Å². The molecule has 0 aromatic heterocycles. The first kappa shape index (κ1) is 11.1. The first-order chi connectivity index (χ1) is 6.00. The van der Waals surface area contributed by atoms with E-state index < -0.39 is 0 Å². The van der Waals surface area contributed by atoms with E-state index in [1.807, 2.05) is 0 Å². The molecule has 0 heterocycles. The number of halogens is 4. The van der Waals surface area contributed by atoms with Crippen molar-refractivity contribution in [2.75, 3.05) is 0 Å². The van der Waals surface area contributed by atoms with Crippen molar-refractivity contribution in [2.45, 2.75) is 6.92 Å². The van der Waals surface area contributed by atoms with E-state index in [1.165, 1.54) is 0 Å². The molecule has 0 aliphatic carbocycles. The van der Waals surface area contributed by atoms with E-state index in [-0.39, 0.29) is 26.6 Å². The van der Waals surface area contributed by atoms with Gasteiger partial charge in [0, 0.05) is 5.56 Å². The lowest BCUT2D eigenvalue weighted by Crippen LogP contribution is -1.86. The quantitative estimate of drug-likeness (QED) is 0.768. The first-order valence-corrected chi connectivity index (χ1v) is 4.59. The van der Waals surface area contributed by atoms with Gasteiger partial charge in [-0.15, -0.1) is 0 Å². The molecule has 0 spiro atoms. The standard InChI is InChI=1S/C7H4Cl4O2/c1-2-3(8)7(13-11)5(10)4(9)6(2)12/h12H,1H3. The number of hydrogen-bond donors (Lipinski definition) is 1. The number of aromatic hydroxyl groups is 1. The Labute approximate surface area is 95.1 Å². The minimum atomic E-state index is -0.172. The lowest BCUT2D eigenvalue weighted by Gasteiger charge is -2.09. The van der Waals surface area contributed by atoms with E-state index in [0.29, 0.717) is 5.56 Å². The largest absolute Gasteiger partial charge is 0.506 e. The van der Waals surface area contributed by atoms with Gasteiger partial charge in [-0.2, -0.15) is 0 Å². The minimum Gasteiger partial charge on any atom is -0.506 e. The van der Waals surface area contributed by atoms with Crippen LogP contribution in [0.25, 0.3) is 0 Å². The van der Waals surface area contributed by atoms with Crippen LogP contribution in [-0.2, 0) is 0 Å². The van der Waals surface area contributed by atoms with Gasteiger partial charge in [-0.3, -0.25) is 0 Å². The molecule has 0 atom stereocenters. The van der Waals surface area contributed by atoms with Gasteiger partial charge in [0.1, 0.15) is 27.7 Å². The second-order valence-electron chi connectivity index (χ2n) is 2.32. The fraction of sp³-hybridized carbons (Fsp3) is 0.143. The van der Waals surface area contributed by atoms with Crippen LogP contribution in [0, 0.1) is 6.92 Å². The molecule has 0 saturated carbocycles. The Hall–Kier alpha value is -0.0200. The van der Waals surface area contributed by atoms with Crippen molar-refractivity contribution in [3.05, 3.63) is 20.6 Å². The summed E-state index contributed by atoms with van der Waals surface area (Å²) in [4.78, 5) is 0. The topological polar surface area (TPSA) is 29.5 Å². The second kappa shape index (κ2) is 4.01. The number of benzene rings is 1. The van der Waals surface area contributed by atoms with Crippen LogP contribution in [0.5, 0.6) is 11.5 Å². The molecule has 0 bridgehead atoms. The molecule has 0 unspecified atom stereocenters. The molecule has 2 nitrogen and oxygen atoms in total. The Morgan fingerprint density at radius 3 is 2.08 bits per heavy atom. The summed E-state index contributed by atoms with van der Waals surface area (Å²) in [5, 5.41) is 9.49. The fourth-order valence-electron chi connectivity index (χ4n) is 0.807. The van der Waals surface area contributed by atoms with Crippen LogP contribution in [0.3, 0.4) is 0 Å². The Morgan fingerprint density at radius 2 is 1.62 bits per heavy atom. The zero-order valence-electron chi connectivity index (χ0n) is 6.37. The van der Waals surface area contributed by atoms with Crippen LogP contribution < -0.4 is 4.29 Å². The molecule has 0 fully saturated rings. The predicted octanol–water partition coefficient (Wildman–Crippen LogP) is 4.19. The predicted molar refractivity (Wildman–Crippen MR) is 54.4 cm³/mol. The molecule has 6 heteroatoms. The molecular formula is C7H4Cl4O2. The highest BCUT2D eigenvalue weighted by Gasteiger charge is 2.19. The summed E-state index contributed by atoms with van der Waals surface area (Å²) >= 11 is 22.2. The summed E-state index contributed by atoms with van der Waals surface area (Å²) in [5.41, 5.74) is 0.367. The van der Waals surface area contributed by atoms with Gasteiger partial charge in [0.2, 0.25) is 0 Å². The van der Waals surface area contributed by atoms with Crippen LogP contribution in [0.2, 0.25) is 15.1 Å². The highest BCUT2D eigenvalue weighted by Crippen LogP contribution is 2.46. The molecule has 0 radical (unpaired) electrons. The summed E-state index contributed by atoms with van der Waals surface area (Å²) in [6.07, 6.45) is 0. The van der Waals surface area contributed by atoms with Crippen LogP contribution in [-0.4, -0.2) is 5.11 Å². The molecule has 72 valence electrons. The van der Waals surface area contributed by atoms with Crippen LogP contribution >= 0.6 is 46.7 Å². The van der Waals surface area contributed by atoms with Crippen molar-refractivity contribution in [3.63, 3.8) is 0 Å². The van der Waals surface area contributed by atoms with E-state index in [2.05, 4.69) is 4.29 Å². The normalized spacial score (nSPS) is 10.2. The summed E-state index contributed by atoms with van der Waals surface area (Å²) in [6.45, 7) is 1.57. The average molecular weight is 262 g/mol. The SMILES string of the molecule is Cc1c(O)c(Cl)c(Cl)c(OCl)c1Cl. The number of phenols is 1. The molecule has 1 aromatic carbocycles. The Kier molecular flexibility index (Phi) is 3.41. The van der Waals surface area contributed by atoms with Gasteiger partial charge in [-0.25, -0.2) is 0 Å². The average Bonchev–Trinajstić information content (AvgIpc) is 2.13. The Bertz CT molecular complexity index is 322. The van der Waals surface area contributed by atoms with Gasteiger partial charge in [0.15, 0.2) is 5.75 Å². The van der Waals surface area contributed by atoms with Crippen LogP contribution in [0.1, 0.15) is 5.56 Å². The maximum absolute atomic E-state index is 9.39. The third-order valence-corrected chi connectivity index (χ3v) is 3.00. The maximum Gasteiger partial charge on any atom is 0.185 e. The third-order valence-electron chi connectivity index (χ3n) is 1.56. The molecule has 0 aliphatic heterocycles. The van der Waals surface area contributed by atoms with Crippen molar-refractivity contribution >= 4 is 46.7 Å². The van der Waals surface area contributed by atoms with Gasteiger partial charge >= 0.3 is 0 Å². The number of hydrogen-bond acceptors (Lipinski definition) is 2. The van der Waals surface area contributed by atoms with Gasteiger partial charge < -0.3 is 9.40 Å². The van der Waals surface area contributed by atoms with Gasteiger partial charge in [-0.05, 0) is 6.92 Å². The monoisotopic (exact) mass is 260 g/mol. The van der Waals surface area contributed by atoms with Crippen molar-refractivity contribution < 1.29 is 9.40 Å². The first-order valence-electron chi connectivity index (χ1n) is 3.15. The van der Waals surface area contributed by atoms with Gasteiger partial charge in [0.25, 0.3) is 0 Å². The van der Waals surface area contributed by atoms with E-state index in [0.717, 1.165) is 0 Å². The Morgan fingerprint density at radius 1 is 1.08 bits per heavy atom. The second-order valence-corrected chi connectivity index (χ2v) is 3.61. The van der Waals surface area contributed by atoms with E-state index in [4.69, 9.17) is 46.7 Å². The highest BCUT2D eigenvalue weighted by molar-refractivity contribution is 6.46. The smallest absolute Gasteiger partial charge is 0.185 e. The lowest BCUT2D eigenvalue weighted by molar-refractivity contribution is 0.470. The molecule has 1 rings (SSSR count). The number of phenolic OH excluding ortho intramolecular Hbond substituents is 1. The third kappa shape index (κ3) is 1.77. The molecule has 1 N–H and O–H groups in total. The summed E-state index contributed by atoms with van der Waals surface area (Å²) < 4.78 is 4.41. The zero-order valence-corrected chi connectivity index (χ0v) is 9.39.